The first-order chi connectivity index (χ1) is 35.4. The minimum absolute atomic E-state index is 0.233. The van der Waals surface area contributed by atoms with Crippen LogP contribution in [0.3, 0.4) is 0 Å². The Morgan fingerprint density at radius 1 is 0.473 bits per heavy atom. The van der Waals surface area contributed by atoms with Gasteiger partial charge in [0.25, 0.3) is 0 Å². The molecule has 0 unspecified atom stereocenters. The molecule has 10 N–H and O–H groups in total. The number of hydrogen-bond donors (Lipinski definition) is 6. The van der Waals surface area contributed by atoms with Crippen molar-refractivity contribution in [2.24, 2.45) is 22.9 Å². The summed E-state index contributed by atoms with van der Waals surface area (Å²) in [6, 6.07) is 36.4. The van der Waals surface area contributed by atoms with Crippen molar-refractivity contribution in [3.05, 3.63) is 166 Å². The van der Waals surface area contributed by atoms with Gasteiger partial charge in [-0.25, -0.2) is 0 Å². The van der Waals surface area contributed by atoms with Gasteiger partial charge in [-0.1, -0.05) is 122 Å². The van der Waals surface area contributed by atoms with Crippen LogP contribution in [0.1, 0.15) is 71.2 Å². The summed E-state index contributed by atoms with van der Waals surface area (Å²) in [5, 5.41) is 5.35. The molecule has 0 radical (unpaired) electrons. The molecule has 0 fully saturated rings. The highest BCUT2D eigenvalue weighted by atomic mass is 16.5. The average Bonchev–Trinajstić information content (AvgIpc) is 3.39. The zero-order chi connectivity index (χ0) is 53.9. The third kappa shape index (κ3) is 16.7. The molecule has 6 aromatic rings. The van der Waals surface area contributed by atoms with Gasteiger partial charge in [0.05, 0.1) is 39.5 Å². The number of benzene rings is 6. The molecule has 0 saturated carbocycles. The summed E-state index contributed by atoms with van der Waals surface area (Å²) < 4.78 is 22.7. The van der Waals surface area contributed by atoms with Crippen LogP contribution >= 0.6 is 0 Å². The number of hydrogen-bond acceptors (Lipinski definition) is 10. The van der Waals surface area contributed by atoms with Crippen LogP contribution in [0.4, 0.5) is 0 Å². The third-order valence-corrected chi connectivity index (χ3v) is 12.8. The van der Waals surface area contributed by atoms with Crippen molar-refractivity contribution in [1.29, 1.82) is 0 Å². The van der Waals surface area contributed by atoms with Gasteiger partial charge in [0.1, 0.15) is 35.1 Å². The van der Waals surface area contributed by atoms with E-state index in [1.54, 1.807) is 14.2 Å². The van der Waals surface area contributed by atoms with Gasteiger partial charge in [-0.15, -0.1) is 0 Å². The van der Waals surface area contributed by atoms with E-state index in [0.717, 1.165) is 91.5 Å². The lowest BCUT2D eigenvalue weighted by Crippen LogP contribution is -2.51. The summed E-state index contributed by atoms with van der Waals surface area (Å²) in [5.41, 5.74) is 35.9. The predicted molar refractivity (Wildman–Crippen MR) is 293 cm³/mol. The molecule has 0 aliphatic rings. The topological polar surface area (TPSA) is 233 Å². The van der Waals surface area contributed by atoms with E-state index >= 15 is 0 Å². The van der Waals surface area contributed by atoms with E-state index in [0.29, 0.717) is 12.8 Å². The molecule has 14 heteroatoms. The van der Waals surface area contributed by atoms with Crippen LogP contribution in [0.25, 0.3) is 22.3 Å². The standard InChI is InChI=1S/2C30H37N3O4/c2*1-5-21-9-12-24(28(18-21)36-4)23-10-7-22(8-11-23)17-25(31)30(35)33-26(29(32)34)14-15-37-27-13-6-19(2)16-20(27)3/h2*6-13,16,18,25-26H,5,14-15,17,31H2,1-4H3,(H2,32,34)(H,33,35)/t25-,26+;25-,26-/m00/s1. The molecule has 6 rings (SSSR count). The molecule has 74 heavy (non-hydrogen) atoms. The summed E-state index contributed by atoms with van der Waals surface area (Å²) in [6.45, 7) is 12.6. The molecule has 0 heterocycles. The fourth-order valence-electron chi connectivity index (χ4n) is 8.35. The van der Waals surface area contributed by atoms with E-state index in [4.69, 9.17) is 41.9 Å². The molecule has 0 saturated heterocycles. The molecule has 0 aliphatic heterocycles. The number of carbonyl (C=O) groups is 4. The Morgan fingerprint density at radius 2 is 0.824 bits per heavy atom. The van der Waals surface area contributed by atoms with E-state index in [1.807, 2.05) is 125 Å². The molecule has 392 valence electrons. The zero-order valence-corrected chi connectivity index (χ0v) is 44.1. The van der Waals surface area contributed by atoms with Crippen LogP contribution in [0.2, 0.25) is 0 Å². The molecule has 0 aliphatic carbocycles. The monoisotopic (exact) mass is 1010 g/mol. The number of carbonyl (C=O) groups excluding carboxylic acids is 4. The van der Waals surface area contributed by atoms with Crippen molar-refractivity contribution in [2.45, 2.75) is 104 Å². The second-order valence-electron chi connectivity index (χ2n) is 18.5. The number of nitrogens with two attached hydrogens (primary N) is 4. The maximum atomic E-state index is 12.7. The summed E-state index contributed by atoms with van der Waals surface area (Å²) in [5.74, 6) is 0.990. The molecular weight excluding hydrogens is 933 g/mol. The molecule has 0 bridgehead atoms. The number of ether oxygens (including phenoxy) is 4. The molecular formula is C60H74N6O8. The predicted octanol–water partition coefficient (Wildman–Crippen LogP) is 7.70. The number of rotatable bonds is 24. The van der Waals surface area contributed by atoms with Gasteiger partial charge in [-0.05, 0) is 122 Å². The van der Waals surface area contributed by atoms with Crippen LogP contribution in [-0.2, 0) is 44.9 Å². The van der Waals surface area contributed by atoms with Crippen molar-refractivity contribution < 1.29 is 38.1 Å². The van der Waals surface area contributed by atoms with Crippen molar-refractivity contribution >= 4 is 23.6 Å². The van der Waals surface area contributed by atoms with Crippen LogP contribution in [0.15, 0.2) is 121 Å². The maximum Gasteiger partial charge on any atom is 0.240 e. The van der Waals surface area contributed by atoms with Gasteiger partial charge in [0, 0.05) is 24.0 Å². The van der Waals surface area contributed by atoms with Crippen molar-refractivity contribution in [2.75, 3.05) is 27.4 Å². The first-order valence-electron chi connectivity index (χ1n) is 25.1. The Bertz CT molecular complexity index is 2640. The Morgan fingerprint density at radius 3 is 1.14 bits per heavy atom. The molecule has 0 spiro atoms. The minimum Gasteiger partial charge on any atom is -0.496 e. The second kappa shape index (κ2) is 28.0. The third-order valence-electron chi connectivity index (χ3n) is 12.8. The Kier molecular flexibility index (Phi) is 21.6. The molecule has 4 atom stereocenters. The van der Waals surface area contributed by atoms with E-state index in [-0.39, 0.29) is 26.1 Å². The average molecular weight is 1010 g/mol. The number of methoxy groups -OCH3 is 2. The molecule has 14 nitrogen and oxygen atoms in total. The van der Waals surface area contributed by atoms with Gasteiger partial charge in [-0.2, -0.15) is 0 Å². The Labute approximate surface area is 436 Å². The lowest BCUT2D eigenvalue weighted by Gasteiger charge is -2.19. The van der Waals surface area contributed by atoms with Crippen molar-refractivity contribution in [3.63, 3.8) is 0 Å². The second-order valence-corrected chi connectivity index (χ2v) is 18.5. The highest BCUT2D eigenvalue weighted by molar-refractivity contribution is 5.90. The molecule has 6 aromatic carbocycles. The fourth-order valence-corrected chi connectivity index (χ4v) is 8.35. The van der Waals surface area contributed by atoms with Crippen LogP contribution in [0.5, 0.6) is 23.0 Å². The maximum absolute atomic E-state index is 12.7. The summed E-state index contributed by atoms with van der Waals surface area (Å²) in [4.78, 5) is 49.3. The van der Waals surface area contributed by atoms with E-state index < -0.39 is 47.8 Å². The smallest absolute Gasteiger partial charge is 0.240 e. The fraction of sp³-hybridized carbons (Fsp3) is 0.333. The molecule has 0 aromatic heterocycles. The Hall–Kier alpha value is -7.68. The van der Waals surface area contributed by atoms with Gasteiger partial charge < -0.3 is 52.5 Å². The number of amides is 4. The highest BCUT2D eigenvalue weighted by Gasteiger charge is 2.24. The number of nitrogens with one attached hydrogen (secondary N) is 2. The first kappa shape index (κ1) is 57.2. The largest absolute Gasteiger partial charge is 0.496 e. The van der Waals surface area contributed by atoms with Crippen LogP contribution in [0, 0.1) is 27.7 Å². The lowest BCUT2D eigenvalue weighted by atomic mass is 9.98. The normalized spacial score (nSPS) is 12.5. The van der Waals surface area contributed by atoms with Crippen molar-refractivity contribution in [1.82, 2.24) is 10.6 Å². The highest BCUT2D eigenvalue weighted by Crippen LogP contribution is 2.33. The summed E-state index contributed by atoms with van der Waals surface area (Å²) in [6.07, 6.45) is 3.01. The van der Waals surface area contributed by atoms with Gasteiger partial charge >= 0.3 is 0 Å². The summed E-state index contributed by atoms with van der Waals surface area (Å²) in [7, 11) is 3.33. The Balaban J connectivity index is 0.000000274. The van der Waals surface area contributed by atoms with E-state index in [2.05, 4.69) is 48.7 Å². The zero-order valence-electron chi connectivity index (χ0n) is 44.1. The van der Waals surface area contributed by atoms with Gasteiger partial charge in [0.15, 0.2) is 0 Å². The van der Waals surface area contributed by atoms with E-state index in [9.17, 15) is 19.2 Å². The first-order valence-corrected chi connectivity index (χ1v) is 25.1. The quantitative estimate of drug-likeness (QED) is 0.0346. The van der Waals surface area contributed by atoms with Crippen LogP contribution < -0.4 is 52.5 Å². The van der Waals surface area contributed by atoms with E-state index in [1.165, 1.54) is 11.1 Å². The number of aryl methyl sites for hydroxylation is 6. The van der Waals surface area contributed by atoms with Gasteiger partial charge in [-0.3, -0.25) is 19.2 Å². The van der Waals surface area contributed by atoms with Crippen LogP contribution in [-0.4, -0.2) is 75.2 Å². The molecule has 4 amide bonds. The summed E-state index contributed by atoms with van der Waals surface area (Å²) >= 11 is 0. The van der Waals surface area contributed by atoms with Gasteiger partial charge in [0.2, 0.25) is 23.6 Å². The number of primary amides is 2. The SMILES string of the molecule is CCc1ccc(-c2ccc(C[C@H](N)C(=O)N[C@@H](CCOc3ccc(C)cc3C)C(N)=O)cc2)c(OC)c1.CCc1ccc(-c2ccc(C[C@H](N)C(=O)N[C@H](CCOc3ccc(C)cc3C)C(N)=O)cc2)c(OC)c1. The van der Waals surface area contributed by atoms with Crippen molar-refractivity contribution in [3.8, 4) is 45.3 Å². The minimum atomic E-state index is -0.870. The lowest BCUT2D eigenvalue weighted by molar-refractivity contribution is -0.128.